The molecule has 8 heteroatoms. The minimum Gasteiger partial charge on any atom is -0.480 e. The van der Waals surface area contributed by atoms with Gasteiger partial charge in [-0.15, -0.1) is 0 Å². The molecule has 19 heavy (non-hydrogen) atoms. The third-order valence-electron chi connectivity index (χ3n) is 2.06. The number of carbonyl (C=O) groups is 2. The Bertz CT molecular complexity index is 490. The van der Waals surface area contributed by atoms with Crippen molar-refractivity contribution in [2.45, 2.75) is 6.18 Å². The molecule has 0 saturated heterocycles. The molecule has 0 fully saturated rings. The van der Waals surface area contributed by atoms with Crippen molar-refractivity contribution >= 4 is 34.5 Å². The molecule has 1 N–H and O–H groups in total. The zero-order chi connectivity index (χ0) is 14.6. The van der Waals surface area contributed by atoms with Crippen molar-refractivity contribution < 1.29 is 27.9 Å². The monoisotopic (exact) mass is 387 g/mol. The number of hydrogen-bond acceptors (Lipinski definition) is 2. The van der Waals surface area contributed by atoms with E-state index < -0.39 is 31.1 Å². The summed E-state index contributed by atoms with van der Waals surface area (Å²) in [4.78, 5) is 22.7. The van der Waals surface area contributed by atoms with Gasteiger partial charge in [-0.1, -0.05) is 6.07 Å². The minimum atomic E-state index is -4.65. The predicted molar refractivity (Wildman–Crippen MR) is 68.8 cm³/mol. The first kappa shape index (κ1) is 15.7. The van der Waals surface area contributed by atoms with Gasteiger partial charge in [0.2, 0.25) is 0 Å². The van der Waals surface area contributed by atoms with E-state index >= 15 is 0 Å². The molecule has 4 nitrogen and oxygen atoms in total. The lowest BCUT2D eigenvalue weighted by Gasteiger charge is -2.22. The van der Waals surface area contributed by atoms with Crippen LogP contribution in [0.25, 0.3) is 0 Å². The number of amides is 1. The summed E-state index contributed by atoms with van der Waals surface area (Å²) in [7, 11) is 0. The second kappa shape index (κ2) is 6.22. The van der Waals surface area contributed by atoms with Gasteiger partial charge in [0.25, 0.3) is 5.91 Å². The summed E-state index contributed by atoms with van der Waals surface area (Å²) in [5.41, 5.74) is 0.0254. The first-order valence-corrected chi connectivity index (χ1v) is 6.10. The summed E-state index contributed by atoms with van der Waals surface area (Å²) in [5.74, 6) is -2.46. The number of rotatable bonds is 4. The fourth-order valence-electron chi connectivity index (χ4n) is 1.38. The van der Waals surface area contributed by atoms with Gasteiger partial charge in [0, 0.05) is 9.13 Å². The van der Waals surface area contributed by atoms with Crippen molar-refractivity contribution in [1.29, 1.82) is 0 Å². The number of benzene rings is 1. The molecule has 0 aliphatic rings. The second-order valence-electron chi connectivity index (χ2n) is 3.68. The smallest absolute Gasteiger partial charge is 0.406 e. The van der Waals surface area contributed by atoms with Crippen LogP contribution in [0.5, 0.6) is 0 Å². The first-order chi connectivity index (χ1) is 8.69. The first-order valence-electron chi connectivity index (χ1n) is 5.02. The Morgan fingerprint density at radius 3 is 2.42 bits per heavy atom. The van der Waals surface area contributed by atoms with Crippen molar-refractivity contribution in [2.24, 2.45) is 0 Å². The highest BCUT2D eigenvalue weighted by molar-refractivity contribution is 14.1. The van der Waals surface area contributed by atoms with Gasteiger partial charge in [-0.25, -0.2) is 0 Å². The number of aliphatic carboxylic acids is 1. The molecule has 0 bridgehead atoms. The summed E-state index contributed by atoms with van der Waals surface area (Å²) < 4.78 is 37.6. The fraction of sp³-hybridized carbons (Fsp3) is 0.273. The number of carbonyl (C=O) groups excluding carboxylic acids is 1. The van der Waals surface area contributed by atoms with Crippen LogP contribution in [0.3, 0.4) is 0 Å². The molecule has 0 unspecified atom stereocenters. The molecule has 0 heterocycles. The van der Waals surface area contributed by atoms with E-state index in [0.29, 0.717) is 3.57 Å². The topological polar surface area (TPSA) is 57.6 Å². The van der Waals surface area contributed by atoms with Crippen molar-refractivity contribution in [3.63, 3.8) is 0 Å². The highest BCUT2D eigenvalue weighted by atomic mass is 127. The molecule has 0 spiro atoms. The van der Waals surface area contributed by atoms with Crippen molar-refractivity contribution in [1.82, 2.24) is 4.90 Å². The number of carboxylic acid groups (broad SMARTS) is 1. The van der Waals surface area contributed by atoms with Gasteiger partial charge >= 0.3 is 12.1 Å². The van der Waals surface area contributed by atoms with E-state index in [1.807, 2.05) is 22.6 Å². The minimum absolute atomic E-state index is 0.0254. The molecule has 1 rings (SSSR count). The van der Waals surface area contributed by atoms with E-state index in [1.165, 1.54) is 18.2 Å². The van der Waals surface area contributed by atoms with Crippen LogP contribution in [-0.2, 0) is 4.79 Å². The Kier molecular flexibility index (Phi) is 5.15. The van der Waals surface area contributed by atoms with Crippen molar-refractivity contribution in [3.8, 4) is 0 Å². The molecule has 0 aromatic heterocycles. The summed E-state index contributed by atoms with van der Waals surface area (Å²) in [6.07, 6.45) is -4.65. The lowest BCUT2D eigenvalue weighted by molar-refractivity contribution is -0.149. The Labute approximate surface area is 120 Å². The third-order valence-corrected chi connectivity index (χ3v) is 2.73. The summed E-state index contributed by atoms with van der Waals surface area (Å²) in [6, 6.07) is 5.92. The normalized spacial score (nSPS) is 11.2. The zero-order valence-corrected chi connectivity index (χ0v) is 11.6. The van der Waals surface area contributed by atoms with E-state index in [-0.39, 0.29) is 10.5 Å². The quantitative estimate of drug-likeness (QED) is 0.808. The van der Waals surface area contributed by atoms with E-state index in [0.717, 1.165) is 0 Å². The highest BCUT2D eigenvalue weighted by Gasteiger charge is 2.34. The maximum Gasteiger partial charge on any atom is 0.406 e. The zero-order valence-electron chi connectivity index (χ0n) is 9.45. The Balaban J connectivity index is 2.97. The molecule has 0 radical (unpaired) electrons. The fourth-order valence-corrected chi connectivity index (χ4v) is 1.93. The average molecular weight is 387 g/mol. The van der Waals surface area contributed by atoms with E-state index in [2.05, 4.69) is 0 Å². The van der Waals surface area contributed by atoms with Gasteiger partial charge in [-0.2, -0.15) is 13.2 Å². The van der Waals surface area contributed by atoms with E-state index in [1.54, 1.807) is 6.07 Å². The number of hydrogen-bond donors (Lipinski definition) is 1. The Morgan fingerprint density at radius 1 is 1.32 bits per heavy atom. The summed E-state index contributed by atoms with van der Waals surface area (Å²) >= 11 is 1.91. The molecule has 1 amide bonds. The van der Waals surface area contributed by atoms with Crippen LogP contribution in [0.1, 0.15) is 10.4 Å². The average Bonchev–Trinajstić information content (AvgIpc) is 2.24. The van der Waals surface area contributed by atoms with Gasteiger partial charge in [0.05, 0.1) is 0 Å². The van der Waals surface area contributed by atoms with Crippen LogP contribution < -0.4 is 0 Å². The summed E-state index contributed by atoms with van der Waals surface area (Å²) in [5, 5.41) is 8.57. The van der Waals surface area contributed by atoms with Crippen LogP contribution >= 0.6 is 22.6 Å². The molecule has 0 saturated carbocycles. The number of alkyl halides is 3. The maximum absolute atomic E-state index is 12.3. The highest BCUT2D eigenvalue weighted by Crippen LogP contribution is 2.18. The molecular formula is C11H9F3INO3. The summed E-state index contributed by atoms with van der Waals surface area (Å²) in [6.45, 7) is -2.59. The lowest BCUT2D eigenvalue weighted by atomic mass is 10.2. The maximum atomic E-state index is 12.3. The van der Waals surface area contributed by atoms with Crippen LogP contribution in [-0.4, -0.2) is 41.1 Å². The van der Waals surface area contributed by atoms with Crippen LogP contribution in [0, 0.1) is 3.57 Å². The van der Waals surface area contributed by atoms with E-state index in [4.69, 9.17) is 5.11 Å². The number of halogens is 4. The molecule has 0 aliphatic carbocycles. The van der Waals surface area contributed by atoms with Crippen LogP contribution in [0.15, 0.2) is 24.3 Å². The Hall–Kier alpha value is -1.32. The molecular weight excluding hydrogens is 378 g/mol. The molecule has 0 aliphatic heterocycles. The van der Waals surface area contributed by atoms with Crippen molar-refractivity contribution in [2.75, 3.05) is 13.1 Å². The number of carboxylic acids is 1. The molecule has 1 aromatic rings. The van der Waals surface area contributed by atoms with Gasteiger partial charge < -0.3 is 10.0 Å². The standard InChI is InChI=1S/C11H9F3INO3/c12-11(13,14)6-16(5-9(17)18)10(19)7-2-1-3-8(15)4-7/h1-4H,5-6H2,(H,17,18). The predicted octanol–water partition coefficient (Wildman–Crippen LogP) is 2.38. The van der Waals surface area contributed by atoms with Crippen molar-refractivity contribution in [3.05, 3.63) is 33.4 Å². The van der Waals surface area contributed by atoms with E-state index in [9.17, 15) is 22.8 Å². The largest absolute Gasteiger partial charge is 0.480 e. The molecule has 104 valence electrons. The third kappa shape index (κ3) is 5.45. The van der Waals surface area contributed by atoms with Gasteiger partial charge in [0.1, 0.15) is 13.1 Å². The van der Waals surface area contributed by atoms with Gasteiger partial charge in [-0.3, -0.25) is 9.59 Å². The SMILES string of the molecule is O=C(O)CN(CC(F)(F)F)C(=O)c1cccc(I)c1. The molecule has 1 aromatic carbocycles. The van der Waals surface area contributed by atoms with Crippen LogP contribution in [0.4, 0.5) is 13.2 Å². The second-order valence-corrected chi connectivity index (χ2v) is 4.93. The number of nitrogens with zero attached hydrogens (tertiary/aromatic N) is 1. The molecule has 0 atom stereocenters. The Morgan fingerprint density at radius 2 is 1.95 bits per heavy atom. The van der Waals surface area contributed by atoms with Gasteiger partial charge in [-0.05, 0) is 40.8 Å². The van der Waals surface area contributed by atoms with Gasteiger partial charge in [0.15, 0.2) is 0 Å². The lowest BCUT2D eigenvalue weighted by Crippen LogP contribution is -2.42. The van der Waals surface area contributed by atoms with Crippen LogP contribution in [0.2, 0.25) is 0 Å².